The summed E-state index contributed by atoms with van der Waals surface area (Å²) in [6.45, 7) is 1.59. The van der Waals surface area contributed by atoms with E-state index in [4.69, 9.17) is 4.74 Å². The van der Waals surface area contributed by atoms with Gasteiger partial charge in [-0.15, -0.1) is 0 Å². The van der Waals surface area contributed by atoms with Crippen LogP contribution in [0.25, 0.3) is 0 Å². The van der Waals surface area contributed by atoms with Crippen LogP contribution in [0.5, 0.6) is 0 Å². The molecule has 0 spiro atoms. The Bertz CT molecular complexity index is 778. The largest absolute Gasteiger partial charge is 0.447 e. The van der Waals surface area contributed by atoms with Crippen molar-refractivity contribution < 1.29 is 14.3 Å². The fourth-order valence-corrected chi connectivity index (χ4v) is 3.93. The topological polar surface area (TPSA) is 58.6 Å². The maximum atomic E-state index is 13.2. The van der Waals surface area contributed by atoms with Crippen molar-refractivity contribution in [2.45, 2.75) is 18.4 Å². The first-order valence-corrected chi connectivity index (χ1v) is 9.03. The minimum atomic E-state index is -0.519. The molecule has 2 aromatic carbocycles. The number of hydrogen-bond acceptors (Lipinski definition) is 4. The van der Waals surface area contributed by atoms with Gasteiger partial charge in [0.25, 0.3) is 0 Å². The second kappa shape index (κ2) is 7.30. The highest BCUT2D eigenvalue weighted by molar-refractivity contribution is 5.95. The van der Waals surface area contributed by atoms with E-state index in [2.05, 4.69) is 5.32 Å². The van der Waals surface area contributed by atoms with Crippen molar-refractivity contribution in [1.29, 1.82) is 0 Å². The molecule has 4 rings (SSSR count). The lowest BCUT2D eigenvalue weighted by Gasteiger charge is -2.25. The summed E-state index contributed by atoms with van der Waals surface area (Å²) in [4.78, 5) is 26.9. The van der Waals surface area contributed by atoms with Gasteiger partial charge in [0.15, 0.2) is 0 Å². The van der Waals surface area contributed by atoms with E-state index < -0.39 is 6.09 Å². The zero-order valence-corrected chi connectivity index (χ0v) is 14.5. The molecule has 26 heavy (non-hydrogen) atoms. The average Bonchev–Trinajstić information content (AvgIpc) is 3.30. The summed E-state index contributed by atoms with van der Waals surface area (Å²) < 4.78 is 5.22. The minimum Gasteiger partial charge on any atom is -0.447 e. The van der Waals surface area contributed by atoms with Crippen LogP contribution in [0.1, 0.15) is 17.0 Å². The van der Waals surface area contributed by atoms with Crippen LogP contribution >= 0.6 is 0 Å². The van der Waals surface area contributed by atoms with Crippen LogP contribution in [0.4, 0.5) is 4.79 Å². The lowest BCUT2D eigenvalue weighted by molar-refractivity contribution is -0.133. The van der Waals surface area contributed by atoms with Gasteiger partial charge in [0, 0.05) is 19.0 Å². The second-order valence-electron chi connectivity index (χ2n) is 6.91. The Morgan fingerprint density at radius 3 is 2.46 bits per heavy atom. The van der Waals surface area contributed by atoms with Crippen LogP contribution < -0.4 is 5.32 Å². The molecule has 5 heteroatoms. The molecule has 0 aromatic heterocycles. The Balaban J connectivity index is 1.54. The van der Waals surface area contributed by atoms with Crippen molar-refractivity contribution in [3.05, 3.63) is 71.8 Å². The number of hydrogen-bond donors (Lipinski definition) is 1. The zero-order chi connectivity index (χ0) is 17.9. The SMILES string of the molecule is O=C1OC[C@@H](Cc2ccccc2)N1C(=O)[C@@H]1CNC[C@H]1c1ccccc1. The summed E-state index contributed by atoms with van der Waals surface area (Å²) in [5.41, 5.74) is 2.22. The van der Waals surface area contributed by atoms with Gasteiger partial charge in [-0.25, -0.2) is 9.69 Å². The Morgan fingerprint density at radius 1 is 1.04 bits per heavy atom. The zero-order valence-electron chi connectivity index (χ0n) is 14.5. The molecule has 2 heterocycles. The highest BCUT2D eigenvalue weighted by atomic mass is 16.6. The molecule has 2 amide bonds. The Morgan fingerprint density at radius 2 is 1.73 bits per heavy atom. The van der Waals surface area contributed by atoms with E-state index in [1.807, 2.05) is 60.7 Å². The van der Waals surface area contributed by atoms with Gasteiger partial charge in [-0.2, -0.15) is 0 Å². The molecule has 0 bridgehead atoms. The van der Waals surface area contributed by atoms with Gasteiger partial charge in [0.2, 0.25) is 5.91 Å². The maximum absolute atomic E-state index is 13.2. The first-order chi connectivity index (χ1) is 12.7. The Labute approximate surface area is 153 Å². The van der Waals surface area contributed by atoms with E-state index in [0.29, 0.717) is 13.0 Å². The van der Waals surface area contributed by atoms with Crippen LogP contribution in [0.15, 0.2) is 60.7 Å². The lowest BCUT2D eigenvalue weighted by atomic mass is 9.87. The van der Waals surface area contributed by atoms with E-state index in [9.17, 15) is 9.59 Å². The van der Waals surface area contributed by atoms with Gasteiger partial charge < -0.3 is 10.1 Å². The van der Waals surface area contributed by atoms with E-state index in [1.165, 1.54) is 4.90 Å². The third-order valence-electron chi connectivity index (χ3n) is 5.27. The molecule has 1 N–H and O–H groups in total. The van der Waals surface area contributed by atoms with Crippen molar-refractivity contribution in [2.24, 2.45) is 5.92 Å². The van der Waals surface area contributed by atoms with Crippen LogP contribution in [0.3, 0.4) is 0 Å². The highest BCUT2D eigenvalue weighted by Gasteiger charge is 2.44. The van der Waals surface area contributed by atoms with Gasteiger partial charge in [-0.05, 0) is 17.5 Å². The number of amides is 2. The quantitative estimate of drug-likeness (QED) is 0.921. The van der Waals surface area contributed by atoms with E-state index >= 15 is 0 Å². The number of nitrogens with one attached hydrogen (secondary N) is 1. The maximum Gasteiger partial charge on any atom is 0.416 e. The molecule has 3 atom stereocenters. The van der Waals surface area contributed by atoms with Gasteiger partial charge in [-0.1, -0.05) is 60.7 Å². The number of benzene rings is 2. The molecule has 2 aliphatic heterocycles. The third-order valence-corrected chi connectivity index (χ3v) is 5.27. The van der Waals surface area contributed by atoms with Crippen molar-refractivity contribution in [3.63, 3.8) is 0 Å². The number of cyclic esters (lactones) is 1. The summed E-state index contributed by atoms with van der Waals surface area (Å²) in [7, 11) is 0. The smallest absolute Gasteiger partial charge is 0.416 e. The van der Waals surface area contributed by atoms with Crippen molar-refractivity contribution in [3.8, 4) is 0 Å². The number of carbonyl (C=O) groups is 2. The van der Waals surface area contributed by atoms with Crippen LogP contribution in [-0.2, 0) is 16.0 Å². The van der Waals surface area contributed by atoms with E-state index in [0.717, 1.165) is 17.7 Å². The number of carbonyl (C=O) groups excluding carboxylic acids is 2. The fourth-order valence-electron chi connectivity index (χ4n) is 3.93. The van der Waals surface area contributed by atoms with Crippen LogP contribution in [0.2, 0.25) is 0 Å². The van der Waals surface area contributed by atoms with Crippen LogP contribution in [-0.4, -0.2) is 42.6 Å². The molecule has 134 valence electrons. The Kier molecular flexibility index (Phi) is 4.71. The molecule has 0 saturated carbocycles. The normalized spacial score (nSPS) is 25.3. The molecule has 0 unspecified atom stereocenters. The fraction of sp³-hybridized carbons (Fsp3) is 0.333. The lowest BCUT2D eigenvalue weighted by Crippen LogP contribution is -2.45. The molecule has 5 nitrogen and oxygen atoms in total. The van der Waals surface area contributed by atoms with Gasteiger partial charge in [-0.3, -0.25) is 4.79 Å². The first-order valence-electron chi connectivity index (χ1n) is 9.03. The predicted octanol–water partition coefficient (Wildman–Crippen LogP) is 2.58. The van der Waals surface area contributed by atoms with Gasteiger partial charge in [0.1, 0.15) is 6.61 Å². The van der Waals surface area contributed by atoms with Crippen molar-refractivity contribution in [1.82, 2.24) is 10.2 Å². The third kappa shape index (κ3) is 3.22. The molecular weight excluding hydrogens is 328 g/mol. The average molecular weight is 350 g/mol. The molecular formula is C21H22N2O3. The number of nitrogens with zero attached hydrogens (tertiary/aromatic N) is 1. The van der Waals surface area contributed by atoms with Crippen LogP contribution in [0, 0.1) is 5.92 Å². The Hall–Kier alpha value is -2.66. The standard InChI is InChI=1S/C21H22N2O3/c24-20(19-13-22-12-18(19)16-9-5-2-6-10-16)23-17(14-26-21(23)25)11-15-7-3-1-4-8-15/h1-10,17-19,22H,11-14H2/t17-,18+,19-/m1/s1. The van der Waals surface area contributed by atoms with Gasteiger partial charge >= 0.3 is 6.09 Å². The highest BCUT2D eigenvalue weighted by Crippen LogP contribution is 2.31. The minimum absolute atomic E-state index is 0.0782. The molecule has 0 radical (unpaired) electrons. The second-order valence-corrected chi connectivity index (χ2v) is 6.91. The molecule has 2 aromatic rings. The monoisotopic (exact) mass is 350 g/mol. The molecule has 2 fully saturated rings. The van der Waals surface area contributed by atoms with E-state index in [1.54, 1.807) is 0 Å². The number of ether oxygens (including phenoxy) is 1. The summed E-state index contributed by atoms with van der Waals surface area (Å²) in [6.07, 6.45) is 0.101. The summed E-state index contributed by atoms with van der Waals surface area (Å²) >= 11 is 0. The van der Waals surface area contributed by atoms with Gasteiger partial charge in [0.05, 0.1) is 12.0 Å². The van der Waals surface area contributed by atoms with Crippen molar-refractivity contribution in [2.75, 3.05) is 19.7 Å². The molecule has 0 aliphatic carbocycles. The molecule has 2 saturated heterocycles. The summed E-state index contributed by atoms with van der Waals surface area (Å²) in [6, 6.07) is 19.7. The summed E-state index contributed by atoms with van der Waals surface area (Å²) in [5.74, 6) is -0.303. The first kappa shape index (κ1) is 16.8. The molecule has 2 aliphatic rings. The number of rotatable bonds is 4. The number of imide groups is 1. The van der Waals surface area contributed by atoms with Crippen molar-refractivity contribution >= 4 is 12.0 Å². The van der Waals surface area contributed by atoms with E-state index in [-0.39, 0.29) is 30.4 Å². The summed E-state index contributed by atoms with van der Waals surface area (Å²) in [5, 5.41) is 3.31. The predicted molar refractivity (Wildman–Crippen MR) is 97.7 cm³/mol.